The van der Waals surface area contributed by atoms with Gasteiger partial charge in [0.05, 0.1) is 22.5 Å². The number of nitrogens with zero attached hydrogens (tertiary/aromatic N) is 2. The molecule has 1 aliphatic rings. The molecule has 7 heteroatoms. The first-order valence-electron chi connectivity index (χ1n) is 9.05. The lowest BCUT2D eigenvalue weighted by atomic mass is 10.1. The van der Waals surface area contributed by atoms with Gasteiger partial charge in [-0.25, -0.2) is 9.78 Å². The first-order valence-corrected chi connectivity index (χ1v) is 9.87. The number of rotatable bonds is 5. The van der Waals surface area contributed by atoms with Crippen molar-refractivity contribution in [3.8, 4) is 17.0 Å². The minimum atomic E-state index is -0.734. The number of aromatic nitrogens is 1. The zero-order valence-electron chi connectivity index (χ0n) is 16.2. The summed E-state index contributed by atoms with van der Waals surface area (Å²) in [5, 5.41) is 0.981. The van der Waals surface area contributed by atoms with Gasteiger partial charge in [-0.15, -0.1) is 11.3 Å². The molecule has 0 aliphatic carbocycles. The maximum absolute atomic E-state index is 12.6. The van der Waals surface area contributed by atoms with Crippen molar-refractivity contribution in [1.29, 1.82) is 0 Å². The molecular formula is C20H24N2O4S. The summed E-state index contributed by atoms with van der Waals surface area (Å²) >= 11 is 1.63. The number of anilines is 1. The fourth-order valence-corrected chi connectivity index (χ4v) is 3.87. The molecule has 0 bridgehead atoms. The number of hydrogen-bond acceptors (Lipinski definition) is 6. The molecule has 0 radical (unpaired) electrons. The Morgan fingerprint density at radius 1 is 1.37 bits per heavy atom. The van der Waals surface area contributed by atoms with E-state index in [0.717, 1.165) is 27.6 Å². The number of fused-ring (bicyclic) bond motifs is 1. The van der Waals surface area contributed by atoms with Crippen LogP contribution in [-0.2, 0) is 14.3 Å². The molecule has 0 fully saturated rings. The number of carbonyl (C=O) groups excluding carboxylic acids is 2. The van der Waals surface area contributed by atoms with Crippen molar-refractivity contribution >= 4 is 28.9 Å². The van der Waals surface area contributed by atoms with Crippen molar-refractivity contribution < 1.29 is 19.1 Å². The summed E-state index contributed by atoms with van der Waals surface area (Å²) in [5.41, 5.74) is 2.34. The van der Waals surface area contributed by atoms with Crippen LogP contribution in [0.1, 0.15) is 37.1 Å². The van der Waals surface area contributed by atoms with E-state index in [4.69, 9.17) is 9.47 Å². The first kappa shape index (κ1) is 19.4. The van der Waals surface area contributed by atoms with Gasteiger partial charge >= 0.3 is 5.97 Å². The highest BCUT2D eigenvalue weighted by Crippen LogP contribution is 2.38. The number of thiazole rings is 1. The van der Waals surface area contributed by atoms with Gasteiger partial charge in [0, 0.05) is 10.4 Å². The summed E-state index contributed by atoms with van der Waals surface area (Å²) in [4.78, 5) is 32.2. The molecule has 2 atom stereocenters. The first-order chi connectivity index (χ1) is 12.8. The zero-order valence-corrected chi connectivity index (χ0v) is 17.1. The molecule has 0 N–H and O–H groups in total. The monoisotopic (exact) mass is 388 g/mol. The molecule has 1 aromatic carbocycles. The molecule has 0 saturated carbocycles. The zero-order chi connectivity index (χ0) is 19.7. The van der Waals surface area contributed by atoms with Gasteiger partial charge in [0.1, 0.15) is 11.8 Å². The summed E-state index contributed by atoms with van der Waals surface area (Å²) in [5.74, 6) is -0.109. The number of hydrogen-bond donors (Lipinski definition) is 0. The molecule has 2 aromatic rings. The smallest absolute Gasteiger partial charge is 0.329 e. The van der Waals surface area contributed by atoms with Crippen LogP contribution in [0.5, 0.6) is 5.75 Å². The average Bonchev–Trinajstić information content (AvgIpc) is 2.98. The van der Waals surface area contributed by atoms with E-state index in [1.54, 1.807) is 18.3 Å². The Kier molecular flexibility index (Phi) is 5.51. The van der Waals surface area contributed by atoms with Crippen LogP contribution in [0.25, 0.3) is 11.3 Å². The number of benzene rings is 1. The van der Waals surface area contributed by atoms with Crippen molar-refractivity contribution in [2.24, 2.45) is 0 Å². The Morgan fingerprint density at radius 2 is 2.11 bits per heavy atom. The lowest BCUT2D eigenvalue weighted by Crippen LogP contribution is -2.49. The van der Waals surface area contributed by atoms with Crippen LogP contribution in [0.3, 0.4) is 0 Å². The Hall–Kier alpha value is -2.41. The predicted molar refractivity (Wildman–Crippen MR) is 105 cm³/mol. The minimum absolute atomic E-state index is 0.0951. The molecule has 1 aromatic heterocycles. The van der Waals surface area contributed by atoms with Crippen LogP contribution in [0, 0.1) is 13.8 Å². The van der Waals surface area contributed by atoms with Crippen molar-refractivity contribution in [3.05, 3.63) is 28.1 Å². The van der Waals surface area contributed by atoms with Gasteiger partial charge in [0.15, 0.2) is 6.61 Å². The number of ether oxygens (including phenoxy) is 2. The van der Waals surface area contributed by atoms with Crippen molar-refractivity contribution in [2.45, 2.75) is 53.2 Å². The molecule has 3 rings (SSSR count). The number of esters is 1. The van der Waals surface area contributed by atoms with Crippen LogP contribution >= 0.6 is 11.3 Å². The minimum Gasteiger partial charge on any atom is -0.482 e. The Balaban J connectivity index is 1.98. The van der Waals surface area contributed by atoms with Crippen molar-refractivity contribution in [3.63, 3.8) is 0 Å². The third-order valence-electron chi connectivity index (χ3n) is 4.64. The van der Waals surface area contributed by atoms with E-state index in [-0.39, 0.29) is 18.6 Å². The van der Waals surface area contributed by atoms with Gasteiger partial charge in [-0.05, 0) is 52.3 Å². The lowest BCUT2D eigenvalue weighted by Gasteiger charge is -2.33. The molecule has 1 aliphatic heterocycles. The maximum Gasteiger partial charge on any atom is 0.329 e. The topological polar surface area (TPSA) is 68.7 Å². The second-order valence-electron chi connectivity index (χ2n) is 6.70. The third kappa shape index (κ3) is 3.83. The molecule has 1 amide bonds. The second-order valence-corrected chi connectivity index (χ2v) is 8.11. The van der Waals surface area contributed by atoms with Gasteiger partial charge in [-0.3, -0.25) is 9.69 Å². The highest BCUT2D eigenvalue weighted by Gasteiger charge is 2.34. The van der Waals surface area contributed by atoms with Crippen molar-refractivity contribution in [2.75, 3.05) is 11.5 Å². The number of carbonyl (C=O) groups is 2. The van der Waals surface area contributed by atoms with Gasteiger partial charge < -0.3 is 9.47 Å². The molecule has 27 heavy (non-hydrogen) atoms. The summed E-state index contributed by atoms with van der Waals surface area (Å²) in [6.07, 6.45) is 0.529. The summed E-state index contributed by atoms with van der Waals surface area (Å²) in [6.45, 7) is 9.36. The fourth-order valence-electron chi connectivity index (χ4n) is 3.03. The highest BCUT2D eigenvalue weighted by molar-refractivity contribution is 7.11. The summed E-state index contributed by atoms with van der Waals surface area (Å²) in [6, 6.07) is 4.88. The van der Waals surface area contributed by atoms with Gasteiger partial charge in [-0.1, -0.05) is 6.92 Å². The van der Waals surface area contributed by atoms with Gasteiger partial charge in [-0.2, -0.15) is 0 Å². The van der Waals surface area contributed by atoms with Crippen LogP contribution in [0.2, 0.25) is 0 Å². The van der Waals surface area contributed by atoms with Crippen LogP contribution in [-0.4, -0.2) is 35.6 Å². The van der Waals surface area contributed by atoms with E-state index in [1.165, 1.54) is 4.90 Å². The van der Waals surface area contributed by atoms with Crippen molar-refractivity contribution in [1.82, 2.24) is 4.98 Å². The Labute approximate surface area is 163 Å². The molecule has 0 saturated heterocycles. The van der Waals surface area contributed by atoms with Crippen LogP contribution in [0.4, 0.5) is 5.69 Å². The molecule has 144 valence electrons. The molecule has 2 heterocycles. The number of amides is 1. The SMILES string of the molecule is CCC(C)OC(=O)C(C)N1C(=O)COc2ccc(-c3nc(C)sc3C)cc21. The van der Waals surface area contributed by atoms with Crippen LogP contribution in [0.15, 0.2) is 18.2 Å². The van der Waals surface area contributed by atoms with E-state index in [1.807, 2.05) is 45.9 Å². The molecule has 0 spiro atoms. The Morgan fingerprint density at radius 3 is 2.74 bits per heavy atom. The van der Waals surface area contributed by atoms with E-state index < -0.39 is 12.0 Å². The standard InChI is InChI=1S/C20H24N2O4S/c1-6-11(2)26-20(24)12(3)22-16-9-15(19-13(4)27-14(5)21-19)7-8-17(16)25-10-18(22)23/h7-9,11-12H,6,10H2,1-5H3. The fraction of sp³-hybridized carbons (Fsp3) is 0.450. The molecule has 2 unspecified atom stereocenters. The summed E-state index contributed by atoms with van der Waals surface area (Å²) < 4.78 is 11.0. The third-order valence-corrected chi connectivity index (χ3v) is 5.52. The van der Waals surface area contributed by atoms with Crippen LogP contribution < -0.4 is 9.64 Å². The summed E-state index contributed by atoms with van der Waals surface area (Å²) in [7, 11) is 0. The largest absolute Gasteiger partial charge is 0.482 e. The second kappa shape index (κ2) is 7.68. The van der Waals surface area contributed by atoms with Gasteiger partial charge in [0.25, 0.3) is 5.91 Å². The molecule has 6 nitrogen and oxygen atoms in total. The van der Waals surface area contributed by atoms with E-state index in [0.29, 0.717) is 11.4 Å². The Bertz CT molecular complexity index is 877. The normalized spacial score (nSPS) is 15.7. The highest BCUT2D eigenvalue weighted by atomic mass is 32.1. The number of aryl methyl sites for hydroxylation is 2. The lowest BCUT2D eigenvalue weighted by molar-refractivity contribution is -0.150. The van der Waals surface area contributed by atoms with E-state index in [2.05, 4.69) is 4.98 Å². The molecular weight excluding hydrogens is 364 g/mol. The van der Waals surface area contributed by atoms with E-state index in [9.17, 15) is 9.59 Å². The predicted octanol–water partition coefficient (Wildman–Crippen LogP) is 3.88. The quantitative estimate of drug-likeness (QED) is 0.727. The van der Waals surface area contributed by atoms with Gasteiger partial charge in [0.2, 0.25) is 0 Å². The van der Waals surface area contributed by atoms with E-state index >= 15 is 0 Å². The average molecular weight is 388 g/mol. The maximum atomic E-state index is 12.6.